The van der Waals surface area contributed by atoms with Crippen LogP contribution in [-0.4, -0.2) is 11.8 Å². The third-order valence-corrected chi connectivity index (χ3v) is 4.19. The highest BCUT2D eigenvalue weighted by atomic mass is 16.5. The van der Waals surface area contributed by atoms with Crippen LogP contribution in [0.25, 0.3) is 17.0 Å². The van der Waals surface area contributed by atoms with Gasteiger partial charge in [-0.1, -0.05) is 12.1 Å². The van der Waals surface area contributed by atoms with Gasteiger partial charge in [-0.15, -0.1) is 0 Å². The van der Waals surface area contributed by atoms with Crippen LogP contribution >= 0.6 is 0 Å². The minimum Gasteiger partial charge on any atom is -0.452 e. The molecule has 0 fully saturated rings. The lowest BCUT2D eigenvalue weighted by Crippen LogP contribution is -2.02. The average Bonchev–Trinajstić information content (AvgIpc) is 2.92. The van der Waals surface area contributed by atoms with Crippen LogP contribution in [0.4, 0.5) is 0 Å². The minimum absolute atomic E-state index is 0.127. The van der Waals surface area contributed by atoms with Gasteiger partial charge in [-0.3, -0.25) is 9.59 Å². The van der Waals surface area contributed by atoms with Gasteiger partial charge in [0.1, 0.15) is 17.1 Å². The molecule has 0 spiro atoms. The lowest BCUT2D eigenvalue weighted by Gasteiger charge is -2.03. The number of ketones is 1. The maximum Gasteiger partial charge on any atom is 0.336 e. The molecule has 0 radical (unpaired) electrons. The maximum atomic E-state index is 12.8. The van der Waals surface area contributed by atoms with E-state index in [0.717, 1.165) is 5.56 Å². The molecule has 0 saturated heterocycles. The molecule has 0 atom stereocenters. The van der Waals surface area contributed by atoms with Gasteiger partial charge in [-0.05, 0) is 48.4 Å². The van der Waals surface area contributed by atoms with Crippen LogP contribution in [0.2, 0.25) is 0 Å². The lowest BCUT2D eigenvalue weighted by molar-refractivity contribution is -0.131. The summed E-state index contributed by atoms with van der Waals surface area (Å²) in [4.78, 5) is 35.5. The van der Waals surface area contributed by atoms with E-state index in [2.05, 4.69) is 0 Å². The van der Waals surface area contributed by atoms with Crippen molar-refractivity contribution >= 4 is 28.8 Å². The van der Waals surface area contributed by atoms with Gasteiger partial charge in [0.15, 0.2) is 11.3 Å². The topological polar surface area (TPSA) is 82.8 Å². The van der Waals surface area contributed by atoms with Crippen molar-refractivity contribution < 1.29 is 23.5 Å². The maximum absolute atomic E-state index is 12.8. The second kappa shape index (κ2) is 6.25. The monoisotopic (exact) mass is 362 g/mol. The molecule has 0 amide bonds. The van der Waals surface area contributed by atoms with Crippen molar-refractivity contribution in [2.45, 2.75) is 13.8 Å². The largest absolute Gasteiger partial charge is 0.452 e. The van der Waals surface area contributed by atoms with Crippen molar-refractivity contribution in [1.82, 2.24) is 0 Å². The SMILES string of the molecule is CC(=O)Oc1ccc(/C=C2/Oc3ccc4c(C)cc(=O)oc4c3C2=O)cc1. The fourth-order valence-corrected chi connectivity index (χ4v) is 3.00. The summed E-state index contributed by atoms with van der Waals surface area (Å²) in [7, 11) is 0. The van der Waals surface area contributed by atoms with E-state index in [0.29, 0.717) is 22.4 Å². The summed E-state index contributed by atoms with van der Waals surface area (Å²) in [6.45, 7) is 3.11. The van der Waals surface area contributed by atoms with Crippen LogP contribution in [0.15, 0.2) is 57.4 Å². The van der Waals surface area contributed by atoms with Crippen LogP contribution < -0.4 is 15.1 Å². The number of fused-ring (bicyclic) bond motifs is 3. The highest BCUT2D eigenvalue weighted by Gasteiger charge is 2.31. The quantitative estimate of drug-likeness (QED) is 0.300. The van der Waals surface area contributed by atoms with Crippen molar-refractivity contribution in [3.8, 4) is 11.5 Å². The van der Waals surface area contributed by atoms with E-state index in [-0.39, 0.29) is 22.7 Å². The molecule has 0 bridgehead atoms. The number of aryl methyl sites for hydroxylation is 1. The third kappa shape index (κ3) is 3.01. The number of allylic oxidation sites excluding steroid dienone is 1. The highest BCUT2D eigenvalue weighted by molar-refractivity contribution is 6.20. The summed E-state index contributed by atoms with van der Waals surface area (Å²) in [5.41, 5.74) is 1.39. The number of carbonyl (C=O) groups is 2. The fraction of sp³-hybridized carbons (Fsp3) is 0.0952. The second-order valence-corrected chi connectivity index (χ2v) is 6.17. The van der Waals surface area contributed by atoms with Crippen LogP contribution in [0.3, 0.4) is 0 Å². The molecule has 2 heterocycles. The summed E-state index contributed by atoms with van der Waals surface area (Å²) in [6, 6.07) is 11.5. The Balaban J connectivity index is 1.73. The first-order chi connectivity index (χ1) is 12.9. The number of hydrogen-bond acceptors (Lipinski definition) is 6. The number of hydrogen-bond donors (Lipinski definition) is 0. The smallest absolute Gasteiger partial charge is 0.336 e. The van der Waals surface area contributed by atoms with E-state index in [1.54, 1.807) is 49.4 Å². The molecule has 6 heteroatoms. The Labute approximate surface area is 153 Å². The van der Waals surface area contributed by atoms with Gasteiger partial charge in [0, 0.05) is 18.4 Å². The van der Waals surface area contributed by atoms with Crippen molar-refractivity contribution in [2.24, 2.45) is 0 Å². The zero-order valence-electron chi connectivity index (χ0n) is 14.6. The van der Waals surface area contributed by atoms with Crippen molar-refractivity contribution in [3.05, 3.63) is 75.3 Å². The molecule has 1 aliphatic rings. The summed E-state index contributed by atoms with van der Waals surface area (Å²) in [6.07, 6.45) is 1.58. The van der Waals surface area contributed by atoms with Crippen LogP contribution in [0.1, 0.15) is 28.4 Å². The molecule has 0 unspecified atom stereocenters. The Bertz CT molecular complexity index is 1180. The van der Waals surface area contributed by atoms with Gasteiger partial charge in [0.2, 0.25) is 5.78 Å². The van der Waals surface area contributed by atoms with Gasteiger partial charge in [-0.25, -0.2) is 4.79 Å². The fourth-order valence-electron chi connectivity index (χ4n) is 3.00. The van der Waals surface area contributed by atoms with Gasteiger partial charge < -0.3 is 13.9 Å². The summed E-state index contributed by atoms with van der Waals surface area (Å²) in [5.74, 6) is 0.128. The molecule has 3 aromatic rings. The Morgan fingerprint density at radius 3 is 2.52 bits per heavy atom. The van der Waals surface area contributed by atoms with E-state index in [4.69, 9.17) is 13.9 Å². The van der Waals surface area contributed by atoms with E-state index >= 15 is 0 Å². The van der Waals surface area contributed by atoms with Crippen molar-refractivity contribution in [3.63, 3.8) is 0 Å². The zero-order valence-corrected chi connectivity index (χ0v) is 14.6. The Morgan fingerprint density at radius 2 is 1.81 bits per heavy atom. The number of Topliss-reactive ketones (excluding diaryl/α,β-unsaturated/α-hetero) is 1. The molecular formula is C21H14O6. The Kier molecular flexibility index (Phi) is 3.88. The van der Waals surface area contributed by atoms with Gasteiger partial charge in [0.25, 0.3) is 0 Å². The molecule has 134 valence electrons. The summed E-state index contributed by atoms with van der Waals surface area (Å²) >= 11 is 0. The molecule has 6 nitrogen and oxygen atoms in total. The molecule has 2 aromatic carbocycles. The Hall–Kier alpha value is -3.67. The van der Waals surface area contributed by atoms with Crippen molar-refractivity contribution in [1.29, 1.82) is 0 Å². The molecular weight excluding hydrogens is 348 g/mol. The van der Waals surface area contributed by atoms with Gasteiger partial charge in [0.05, 0.1) is 0 Å². The molecule has 0 saturated carbocycles. The van der Waals surface area contributed by atoms with Gasteiger partial charge >= 0.3 is 11.6 Å². The van der Waals surface area contributed by atoms with E-state index in [1.807, 2.05) is 0 Å². The predicted molar refractivity (Wildman–Crippen MR) is 97.9 cm³/mol. The molecule has 4 rings (SSSR count). The Morgan fingerprint density at radius 1 is 1.07 bits per heavy atom. The summed E-state index contributed by atoms with van der Waals surface area (Å²) in [5, 5.41) is 0.692. The van der Waals surface area contributed by atoms with Gasteiger partial charge in [-0.2, -0.15) is 0 Å². The normalized spacial score (nSPS) is 14.3. The third-order valence-electron chi connectivity index (χ3n) is 4.19. The molecule has 1 aliphatic heterocycles. The lowest BCUT2D eigenvalue weighted by atomic mass is 10.0. The zero-order chi connectivity index (χ0) is 19.1. The molecule has 27 heavy (non-hydrogen) atoms. The number of esters is 1. The molecule has 1 aromatic heterocycles. The van der Waals surface area contributed by atoms with Crippen LogP contribution in [0.5, 0.6) is 11.5 Å². The number of benzene rings is 2. The minimum atomic E-state index is -0.514. The highest BCUT2D eigenvalue weighted by Crippen LogP contribution is 2.37. The first-order valence-electron chi connectivity index (χ1n) is 8.22. The van der Waals surface area contributed by atoms with E-state index in [1.165, 1.54) is 13.0 Å². The number of ether oxygens (including phenoxy) is 2. The van der Waals surface area contributed by atoms with E-state index < -0.39 is 11.6 Å². The molecule has 0 aliphatic carbocycles. The summed E-state index contributed by atoms with van der Waals surface area (Å²) < 4.78 is 15.9. The number of rotatable bonds is 2. The van der Waals surface area contributed by atoms with Crippen molar-refractivity contribution in [2.75, 3.05) is 0 Å². The molecule has 0 N–H and O–H groups in total. The first-order valence-corrected chi connectivity index (χ1v) is 8.22. The van der Waals surface area contributed by atoms with Crippen LogP contribution in [0, 0.1) is 6.92 Å². The first kappa shape index (κ1) is 16.8. The predicted octanol–water partition coefficient (Wildman–Crippen LogP) is 3.64. The average molecular weight is 362 g/mol. The number of carbonyl (C=O) groups excluding carboxylic acids is 2. The standard InChI is InChI=1S/C21H14O6/c1-11-9-18(23)27-21-15(11)7-8-16-19(21)20(24)17(26-16)10-13-3-5-14(6-4-13)25-12(2)22/h3-10H,1-2H3/b17-10+. The second-order valence-electron chi connectivity index (χ2n) is 6.17. The van der Waals surface area contributed by atoms with E-state index in [9.17, 15) is 14.4 Å². The van der Waals surface area contributed by atoms with Crippen LogP contribution in [-0.2, 0) is 4.79 Å².